The van der Waals surface area contributed by atoms with E-state index in [4.69, 9.17) is 0 Å². The van der Waals surface area contributed by atoms with Crippen LogP contribution in [0.5, 0.6) is 11.5 Å². The summed E-state index contributed by atoms with van der Waals surface area (Å²) in [7, 11) is 0. The molecule has 0 amide bonds. The van der Waals surface area contributed by atoms with Crippen LogP contribution in [0.15, 0.2) is 32.6 Å². The highest BCUT2D eigenvalue weighted by Gasteiger charge is 2.08. The molecule has 122 valence electrons. The van der Waals surface area contributed by atoms with E-state index in [-0.39, 0.29) is 11.5 Å². The van der Waals surface area contributed by atoms with Crippen molar-refractivity contribution >= 4 is 11.4 Å². The van der Waals surface area contributed by atoms with Crippen LogP contribution in [0.3, 0.4) is 0 Å². The van der Waals surface area contributed by atoms with Crippen LogP contribution < -0.4 is 0 Å². The van der Waals surface area contributed by atoms with E-state index in [2.05, 4.69) is 34.3 Å². The molecule has 22 heavy (non-hydrogen) atoms. The molecule has 0 heterocycles. The van der Waals surface area contributed by atoms with Crippen LogP contribution in [0, 0.1) is 0 Å². The van der Waals surface area contributed by atoms with E-state index in [1.807, 2.05) is 0 Å². The fraction of sp³-hybridized carbons (Fsp3) is 0.625. The highest BCUT2D eigenvalue weighted by Crippen LogP contribution is 2.38. The molecule has 6 heteroatoms. The maximum atomic E-state index is 9.77. The van der Waals surface area contributed by atoms with Gasteiger partial charge in [0, 0.05) is 12.1 Å². The van der Waals surface area contributed by atoms with Gasteiger partial charge in [-0.1, -0.05) is 39.5 Å². The first-order valence-electron chi connectivity index (χ1n) is 8.00. The average molecular weight is 306 g/mol. The summed E-state index contributed by atoms with van der Waals surface area (Å²) in [6, 6.07) is 2.72. The molecule has 1 aromatic rings. The molecule has 0 fully saturated rings. The van der Waals surface area contributed by atoms with Crippen LogP contribution >= 0.6 is 0 Å². The standard InChI is InChI=1S/C16H26N4O2/c1-3-5-7-9-17-19-13-11-14(16(22)12-15(13)21)20-18-10-8-6-4-2/h11-12,21-22H,3-10H2,1-2H3. The van der Waals surface area contributed by atoms with Gasteiger partial charge >= 0.3 is 0 Å². The lowest BCUT2D eigenvalue weighted by molar-refractivity contribution is 0.451. The van der Waals surface area contributed by atoms with Crippen molar-refractivity contribution in [2.24, 2.45) is 20.5 Å². The molecule has 0 aliphatic rings. The Labute approximate surface area is 132 Å². The first-order valence-corrected chi connectivity index (χ1v) is 8.00. The smallest absolute Gasteiger partial charge is 0.146 e. The van der Waals surface area contributed by atoms with Crippen LogP contribution in [-0.4, -0.2) is 23.3 Å². The minimum Gasteiger partial charge on any atom is -0.505 e. The van der Waals surface area contributed by atoms with E-state index >= 15 is 0 Å². The summed E-state index contributed by atoms with van der Waals surface area (Å²) < 4.78 is 0. The molecular formula is C16H26N4O2. The highest BCUT2D eigenvalue weighted by atomic mass is 16.3. The summed E-state index contributed by atoms with van der Waals surface area (Å²) in [4.78, 5) is 0. The molecule has 1 aromatic carbocycles. The molecule has 6 nitrogen and oxygen atoms in total. The minimum absolute atomic E-state index is 0.110. The van der Waals surface area contributed by atoms with Gasteiger partial charge in [0.05, 0.1) is 13.1 Å². The number of benzene rings is 1. The van der Waals surface area contributed by atoms with Crippen molar-refractivity contribution in [3.05, 3.63) is 12.1 Å². The Bertz CT molecular complexity index is 460. The third kappa shape index (κ3) is 6.65. The summed E-state index contributed by atoms with van der Waals surface area (Å²) in [6.07, 6.45) is 6.42. The lowest BCUT2D eigenvalue weighted by Crippen LogP contribution is -1.80. The summed E-state index contributed by atoms with van der Waals surface area (Å²) in [5, 5.41) is 35.6. The van der Waals surface area contributed by atoms with Crippen molar-refractivity contribution in [3.63, 3.8) is 0 Å². The van der Waals surface area contributed by atoms with Gasteiger partial charge in [-0.3, -0.25) is 0 Å². The number of rotatable bonds is 10. The Hall–Kier alpha value is -1.98. The normalized spacial score (nSPS) is 11.7. The molecule has 1 rings (SSSR count). The van der Waals surface area contributed by atoms with Gasteiger partial charge in [0.2, 0.25) is 0 Å². The molecule has 0 aliphatic carbocycles. The van der Waals surface area contributed by atoms with Crippen molar-refractivity contribution in [2.75, 3.05) is 13.1 Å². The first kappa shape index (κ1) is 18.1. The molecule has 0 saturated carbocycles. The quantitative estimate of drug-likeness (QED) is 0.432. The number of azo groups is 2. The van der Waals surface area contributed by atoms with E-state index in [1.54, 1.807) is 0 Å². The van der Waals surface area contributed by atoms with Gasteiger partial charge in [0.15, 0.2) is 0 Å². The maximum Gasteiger partial charge on any atom is 0.146 e. The van der Waals surface area contributed by atoms with Crippen molar-refractivity contribution in [1.82, 2.24) is 0 Å². The van der Waals surface area contributed by atoms with E-state index in [9.17, 15) is 10.2 Å². The topological polar surface area (TPSA) is 89.9 Å². The Morgan fingerprint density at radius 3 is 1.59 bits per heavy atom. The number of aromatic hydroxyl groups is 2. The molecular weight excluding hydrogens is 280 g/mol. The van der Waals surface area contributed by atoms with E-state index in [1.165, 1.54) is 12.1 Å². The van der Waals surface area contributed by atoms with E-state index < -0.39 is 0 Å². The Kier molecular flexibility index (Phi) is 8.79. The number of nitrogens with zero attached hydrogens (tertiary/aromatic N) is 4. The molecule has 0 unspecified atom stereocenters. The fourth-order valence-electron chi connectivity index (χ4n) is 1.83. The summed E-state index contributed by atoms with van der Waals surface area (Å²) in [6.45, 7) is 5.51. The van der Waals surface area contributed by atoms with Crippen LogP contribution in [-0.2, 0) is 0 Å². The molecule has 0 spiro atoms. The number of phenolic OH excluding ortho intramolecular Hbond substituents is 2. The zero-order chi connectivity index (χ0) is 16.2. The first-order chi connectivity index (χ1) is 10.7. The van der Waals surface area contributed by atoms with Crippen molar-refractivity contribution < 1.29 is 10.2 Å². The summed E-state index contributed by atoms with van der Waals surface area (Å²) in [5.41, 5.74) is 0.605. The SMILES string of the molecule is CCCCCN=Nc1cc(N=NCCCCC)c(O)cc1O. The second-order valence-electron chi connectivity index (χ2n) is 5.17. The molecule has 0 saturated heterocycles. The molecule has 0 radical (unpaired) electrons. The molecule has 0 bridgehead atoms. The Morgan fingerprint density at radius 1 is 0.727 bits per heavy atom. The fourth-order valence-corrected chi connectivity index (χ4v) is 1.83. The average Bonchev–Trinajstić information content (AvgIpc) is 2.50. The van der Waals surface area contributed by atoms with Gasteiger partial charge in [-0.15, -0.1) is 0 Å². The molecule has 0 aliphatic heterocycles. The van der Waals surface area contributed by atoms with E-state index in [0.717, 1.165) is 38.5 Å². The van der Waals surface area contributed by atoms with Gasteiger partial charge in [-0.25, -0.2) is 0 Å². The van der Waals surface area contributed by atoms with Crippen molar-refractivity contribution in [3.8, 4) is 11.5 Å². The van der Waals surface area contributed by atoms with Crippen molar-refractivity contribution in [2.45, 2.75) is 52.4 Å². The van der Waals surface area contributed by atoms with Crippen LogP contribution in [0.1, 0.15) is 52.4 Å². The lowest BCUT2D eigenvalue weighted by atomic mass is 10.2. The number of hydrogen-bond acceptors (Lipinski definition) is 6. The zero-order valence-electron chi connectivity index (χ0n) is 13.5. The van der Waals surface area contributed by atoms with Crippen LogP contribution in [0.25, 0.3) is 0 Å². The number of unbranched alkanes of at least 4 members (excludes halogenated alkanes) is 4. The van der Waals surface area contributed by atoms with Crippen LogP contribution in [0.2, 0.25) is 0 Å². The second-order valence-corrected chi connectivity index (χ2v) is 5.17. The largest absolute Gasteiger partial charge is 0.505 e. The van der Waals surface area contributed by atoms with Gasteiger partial charge in [-0.05, 0) is 12.8 Å². The zero-order valence-corrected chi connectivity index (χ0v) is 13.5. The van der Waals surface area contributed by atoms with Gasteiger partial charge in [-0.2, -0.15) is 20.5 Å². The minimum atomic E-state index is -0.110. The van der Waals surface area contributed by atoms with Gasteiger partial charge in [0.25, 0.3) is 0 Å². The monoisotopic (exact) mass is 306 g/mol. The van der Waals surface area contributed by atoms with Crippen LogP contribution in [0.4, 0.5) is 11.4 Å². The predicted octanol–water partition coefficient (Wildman–Crippen LogP) is 5.65. The summed E-state index contributed by atoms with van der Waals surface area (Å²) in [5.74, 6) is -0.219. The Balaban J connectivity index is 2.68. The van der Waals surface area contributed by atoms with Gasteiger partial charge in [0.1, 0.15) is 22.9 Å². The highest BCUT2D eigenvalue weighted by molar-refractivity contribution is 5.65. The molecule has 0 aromatic heterocycles. The predicted molar refractivity (Wildman–Crippen MR) is 87.6 cm³/mol. The van der Waals surface area contributed by atoms with Crippen molar-refractivity contribution in [1.29, 1.82) is 0 Å². The second kappa shape index (κ2) is 10.7. The lowest BCUT2D eigenvalue weighted by Gasteiger charge is -2.02. The molecule has 0 atom stereocenters. The third-order valence-corrected chi connectivity index (χ3v) is 3.15. The molecule has 2 N–H and O–H groups in total. The van der Waals surface area contributed by atoms with E-state index in [0.29, 0.717) is 24.5 Å². The van der Waals surface area contributed by atoms with Gasteiger partial charge < -0.3 is 10.2 Å². The number of hydrogen-bond donors (Lipinski definition) is 2. The third-order valence-electron chi connectivity index (χ3n) is 3.15. The number of phenols is 2. The maximum absolute atomic E-state index is 9.77. The summed E-state index contributed by atoms with van der Waals surface area (Å²) >= 11 is 0. The Morgan fingerprint density at radius 2 is 1.18 bits per heavy atom.